The fraction of sp³-hybridized carbons (Fsp3) is 0.148. The van der Waals surface area contributed by atoms with Gasteiger partial charge in [-0.15, -0.1) is 0 Å². The average Bonchev–Trinajstić information content (AvgIpc) is 2.90. The number of hydrogen-bond donors (Lipinski definition) is 3. The molecule has 1 aliphatic rings. The smallest absolute Gasteiger partial charge is 0.490 e. The van der Waals surface area contributed by atoms with Gasteiger partial charge in [0.2, 0.25) is 5.95 Å². The maximum absolute atomic E-state index is 11.8. The van der Waals surface area contributed by atoms with Gasteiger partial charge in [0.05, 0.1) is 17.7 Å². The summed E-state index contributed by atoms with van der Waals surface area (Å²) in [4.78, 5) is 18.0. The molecule has 14 heteroatoms. The van der Waals surface area contributed by atoms with E-state index in [0.717, 1.165) is 33.8 Å². The number of ether oxygens (including phenoxy) is 1. The molecule has 0 unspecified atom stereocenters. The molecule has 0 saturated carbocycles. The van der Waals surface area contributed by atoms with Gasteiger partial charge in [0, 0.05) is 30.1 Å². The first kappa shape index (κ1) is 29.6. The number of carbonyl (C=O) groups is 1. The van der Waals surface area contributed by atoms with Crippen LogP contribution in [-0.4, -0.2) is 48.5 Å². The highest BCUT2D eigenvalue weighted by Crippen LogP contribution is 2.30. The monoisotopic (exact) mass is 606 g/mol. The summed E-state index contributed by atoms with van der Waals surface area (Å²) in [5.41, 5.74) is 4.48. The quantitative estimate of drug-likeness (QED) is 0.242. The Morgan fingerprint density at radius 2 is 1.71 bits per heavy atom. The van der Waals surface area contributed by atoms with E-state index in [1.807, 2.05) is 36.4 Å². The molecule has 0 aliphatic carbocycles. The van der Waals surface area contributed by atoms with Crippen molar-refractivity contribution in [2.75, 3.05) is 23.5 Å². The molecule has 3 aromatic carbocycles. The third-order valence-electron chi connectivity index (χ3n) is 5.61. The van der Waals surface area contributed by atoms with Crippen molar-refractivity contribution in [1.82, 2.24) is 9.97 Å². The summed E-state index contributed by atoms with van der Waals surface area (Å²) >= 11 is 6.32. The van der Waals surface area contributed by atoms with E-state index in [2.05, 4.69) is 26.7 Å². The number of aliphatic carboxylic acids is 1. The summed E-state index contributed by atoms with van der Waals surface area (Å²) in [7, 11) is -3.26. The minimum Gasteiger partial charge on any atom is -0.493 e. The fourth-order valence-corrected chi connectivity index (χ4v) is 4.47. The first-order chi connectivity index (χ1) is 19.3. The molecule has 0 radical (unpaired) electrons. The molecule has 0 atom stereocenters. The van der Waals surface area contributed by atoms with E-state index in [0.29, 0.717) is 29.8 Å². The zero-order chi connectivity index (χ0) is 29.8. The predicted molar refractivity (Wildman–Crippen MR) is 148 cm³/mol. The number of halogens is 4. The molecule has 1 aliphatic heterocycles. The molecule has 9 nitrogen and oxygen atoms in total. The number of hydrogen-bond acceptors (Lipinski definition) is 8. The Labute approximate surface area is 237 Å². The Hall–Kier alpha value is -4.36. The molecule has 4 aromatic rings. The molecule has 0 spiro atoms. The number of anilines is 4. The maximum Gasteiger partial charge on any atom is 0.490 e. The first-order valence-electron chi connectivity index (χ1n) is 11.8. The minimum atomic E-state index is -5.08. The van der Waals surface area contributed by atoms with Crippen LogP contribution in [0, 0.1) is 0 Å². The average molecular weight is 607 g/mol. The first-order valence-corrected chi connectivity index (χ1v) is 14.1. The number of sulfone groups is 1. The lowest BCUT2D eigenvalue weighted by Crippen LogP contribution is -2.21. The zero-order valence-electron chi connectivity index (χ0n) is 21.2. The molecule has 0 saturated heterocycles. The van der Waals surface area contributed by atoms with Gasteiger partial charge in [-0.2, -0.15) is 18.2 Å². The molecule has 3 N–H and O–H groups in total. The van der Waals surface area contributed by atoms with Crippen LogP contribution in [-0.2, 0) is 21.1 Å². The number of rotatable bonds is 2. The highest BCUT2D eigenvalue weighted by atomic mass is 35.5. The maximum atomic E-state index is 11.8. The fourth-order valence-electron chi connectivity index (χ4n) is 3.70. The van der Waals surface area contributed by atoms with E-state index in [-0.39, 0.29) is 4.90 Å². The minimum absolute atomic E-state index is 0.283. The second-order valence-electron chi connectivity index (χ2n) is 8.78. The van der Waals surface area contributed by atoms with Crippen LogP contribution in [0.15, 0.2) is 77.8 Å². The summed E-state index contributed by atoms with van der Waals surface area (Å²) < 4.78 is 61.4. The van der Waals surface area contributed by atoms with E-state index in [1.54, 1.807) is 30.5 Å². The van der Waals surface area contributed by atoms with Crippen LogP contribution >= 0.6 is 11.6 Å². The molecule has 2 heterocycles. The lowest BCUT2D eigenvalue weighted by Gasteiger charge is -2.15. The molecular weight excluding hydrogens is 585 g/mol. The van der Waals surface area contributed by atoms with Crippen molar-refractivity contribution in [3.63, 3.8) is 0 Å². The van der Waals surface area contributed by atoms with Crippen LogP contribution in [0.2, 0.25) is 5.02 Å². The summed E-state index contributed by atoms with van der Waals surface area (Å²) in [6, 6.07) is 20.5. The Morgan fingerprint density at radius 3 is 2.37 bits per heavy atom. The molecule has 5 rings (SSSR count). The van der Waals surface area contributed by atoms with Crippen LogP contribution in [0.25, 0.3) is 11.1 Å². The molecule has 6 bridgehead atoms. The number of nitrogens with one attached hydrogen (secondary N) is 2. The second kappa shape index (κ2) is 12.0. The topological polar surface area (TPSA) is 131 Å². The highest BCUT2D eigenvalue weighted by molar-refractivity contribution is 7.90. The Balaban J connectivity index is 0.000000493. The van der Waals surface area contributed by atoms with E-state index in [9.17, 15) is 21.6 Å². The van der Waals surface area contributed by atoms with Crippen LogP contribution in [0.5, 0.6) is 5.75 Å². The largest absolute Gasteiger partial charge is 0.493 e. The Kier molecular flexibility index (Phi) is 8.69. The summed E-state index contributed by atoms with van der Waals surface area (Å²) in [5.74, 6) is -1.15. The third kappa shape index (κ3) is 8.08. The summed E-state index contributed by atoms with van der Waals surface area (Å²) in [6.07, 6.45) is -1.67. The van der Waals surface area contributed by atoms with Gasteiger partial charge >= 0.3 is 12.1 Å². The molecule has 1 aromatic heterocycles. The summed E-state index contributed by atoms with van der Waals surface area (Å²) in [6.45, 7) is 0.488. The second-order valence-corrected chi connectivity index (χ2v) is 11.2. The Morgan fingerprint density at radius 1 is 1.00 bits per heavy atom. The predicted octanol–water partition coefficient (Wildman–Crippen LogP) is 6.26. The van der Waals surface area contributed by atoms with E-state index in [4.69, 9.17) is 26.2 Å². The van der Waals surface area contributed by atoms with E-state index >= 15 is 0 Å². The SMILES string of the molecule is CS(=O)(=O)c1ccc(-c2cc3cc(c2)Nc2ncc(Cl)c(n2)Nc2cccc(c2)OCC3)cc1.O=C(O)C(F)(F)F. The van der Waals surface area contributed by atoms with Gasteiger partial charge < -0.3 is 20.5 Å². The van der Waals surface area contributed by atoms with Crippen molar-refractivity contribution >= 4 is 50.5 Å². The lowest BCUT2D eigenvalue weighted by molar-refractivity contribution is -0.192. The van der Waals surface area contributed by atoms with Crippen molar-refractivity contribution in [3.8, 4) is 16.9 Å². The van der Waals surface area contributed by atoms with Gasteiger partial charge in [-0.25, -0.2) is 18.2 Å². The molecule has 41 heavy (non-hydrogen) atoms. The number of carboxylic acid groups (broad SMARTS) is 1. The van der Waals surface area contributed by atoms with Gasteiger partial charge in [0.25, 0.3) is 0 Å². The van der Waals surface area contributed by atoms with Gasteiger partial charge in [0.1, 0.15) is 10.8 Å². The normalized spacial score (nSPS) is 12.8. The van der Waals surface area contributed by atoms with Gasteiger partial charge in [-0.1, -0.05) is 35.9 Å². The van der Waals surface area contributed by atoms with E-state index < -0.39 is 22.0 Å². The number of aromatic nitrogens is 2. The van der Waals surface area contributed by atoms with Crippen molar-refractivity contribution in [2.24, 2.45) is 0 Å². The number of carboxylic acids is 1. The van der Waals surface area contributed by atoms with Crippen molar-refractivity contribution < 1.29 is 36.2 Å². The van der Waals surface area contributed by atoms with Gasteiger partial charge in [0.15, 0.2) is 15.7 Å². The van der Waals surface area contributed by atoms with Crippen LogP contribution in [0.3, 0.4) is 0 Å². The van der Waals surface area contributed by atoms with Crippen LogP contribution < -0.4 is 15.4 Å². The number of benzene rings is 3. The van der Waals surface area contributed by atoms with Gasteiger partial charge in [-0.05, 0) is 53.1 Å². The molecular formula is C27H22ClF3N4O5S. The van der Waals surface area contributed by atoms with Crippen LogP contribution in [0.1, 0.15) is 5.56 Å². The number of nitrogens with zero attached hydrogens (tertiary/aromatic N) is 2. The van der Waals surface area contributed by atoms with Crippen LogP contribution in [0.4, 0.5) is 36.3 Å². The molecule has 0 fully saturated rings. The third-order valence-corrected chi connectivity index (χ3v) is 7.01. The lowest BCUT2D eigenvalue weighted by atomic mass is 10.0. The zero-order valence-corrected chi connectivity index (χ0v) is 22.8. The molecule has 0 amide bonds. The van der Waals surface area contributed by atoms with Crippen molar-refractivity contribution in [1.29, 1.82) is 0 Å². The summed E-state index contributed by atoms with van der Waals surface area (Å²) in [5, 5.41) is 14.0. The number of fused-ring (bicyclic) bond motifs is 6. The highest BCUT2D eigenvalue weighted by Gasteiger charge is 2.38. The van der Waals surface area contributed by atoms with Gasteiger partial charge in [-0.3, -0.25) is 0 Å². The molecule has 214 valence electrons. The van der Waals surface area contributed by atoms with Crippen molar-refractivity contribution in [2.45, 2.75) is 17.5 Å². The number of alkyl halides is 3. The van der Waals surface area contributed by atoms with Crippen molar-refractivity contribution in [3.05, 3.63) is 83.5 Å². The standard InChI is InChI=1S/C25H21ClN4O3S.C2HF3O2/c1-34(31,32)22-7-5-17(6-8-22)18-11-16-9-10-33-21-4-2-3-19(14-21)28-24-23(26)15-27-25(30-24)29-20(12-16)13-18;3-2(4,5)1(6)7/h2-8,11-15H,9-10H2,1H3,(H2,27,28,29,30);(H,6,7). The Bertz CT molecular complexity index is 1680. The van der Waals surface area contributed by atoms with E-state index in [1.165, 1.54) is 6.26 Å².